The molecule has 3 aromatic rings. The molecular weight excluding hydrogens is 430 g/mol. The first kappa shape index (κ1) is 28.5. The summed E-state index contributed by atoms with van der Waals surface area (Å²) < 4.78 is 7.20. The third kappa shape index (κ3) is 9.08. The van der Waals surface area contributed by atoms with Gasteiger partial charge in [-0.1, -0.05) is 0 Å². The van der Waals surface area contributed by atoms with E-state index in [1.165, 1.54) is 38.3 Å². The highest BCUT2D eigenvalue weighted by atomic mass is 32.1. The van der Waals surface area contributed by atoms with Crippen molar-refractivity contribution >= 4 is 17.0 Å². The van der Waals surface area contributed by atoms with Gasteiger partial charge in [0.05, 0.1) is 22.1 Å². The molecule has 33 heavy (non-hydrogen) atoms. The first-order valence-corrected chi connectivity index (χ1v) is 12.0. The van der Waals surface area contributed by atoms with Gasteiger partial charge in [0.1, 0.15) is 11.6 Å². The van der Waals surface area contributed by atoms with Crippen LogP contribution in [0.15, 0.2) is 20.7 Å². The molecule has 0 aliphatic carbocycles. The van der Waals surface area contributed by atoms with Crippen molar-refractivity contribution in [1.29, 1.82) is 0 Å². The Morgan fingerprint density at radius 2 is 1.36 bits per heavy atom. The Balaban J connectivity index is 0.000000220. The number of aromatic nitrogens is 4. The highest BCUT2D eigenvalue weighted by molar-refractivity contribution is 7.11. The van der Waals surface area contributed by atoms with Crippen LogP contribution in [0.1, 0.15) is 77.3 Å². The second-order valence-electron chi connectivity index (χ2n) is 8.53. The molecule has 6 nitrogen and oxygen atoms in total. The first-order valence-electron chi connectivity index (χ1n) is 11.2. The molecule has 0 N–H and O–H groups in total. The van der Waals surface area contributed by atoms with Crippen molar-refractivity contribution in [1.82, 2.24) is 19.5 Å². The van der Waals surface area contributed by atoms with Crippen LogP contribution in [0.5, 0.6) is 0 Å². The highest BCUT2D eigenvalue weighted by Crippen LogP contribution is 2.17. The molecule has 1 aliphatic heterocycles. The topological polar surface area (TPSA) is 69.1 Å². The van der Waals surface area contributed by atoms with Gasteiger partial charge in [-0.15, -0.1) is 11.3 Å². The van der Waals surface area contributed by atoms with Crippen LogP contribution in [0.3, 0.4) is 0 Å². The maximum atomic E-state index is 5.10. The molecule has 0 unspecified atom stereocenters. The number of aliphatic imine (C=N–C) groups is 1. The summed E-state index contributed by atoms with van der Waals surface area (Å²) in [7, 11) is 2.03. The smallest absolute Gasteiger partial charge is 0.191 e. The minimum Gasteiger partial charge on any atom is -0.446 e. The van der Waals surface area contributed by atoms with Crippen LogP contribution in [-0.4, -0.2) is 25.2 Å². The molecule has 3 aromatic heterocycles. The van der Waals surface area contributed by atoms with E-state index in [1.807, 2.05) is 55.5 Å². The van der Waals surface area contributed by atoms with Gasteiger partial charge < -0.3 is 8.98 Å². The lowest BCUT2D eigenvalue weighted by Crippen LogP contribution is -1.92. The molecule has 0 bridgehead atoms. The van der Waals surface area contributed by atoms with Crippen LogP contribution in [-0.2, 0) is 7.05 Å². The summed E-state index contributed by atoms with van der Waals surface area (Å²) in [5, 5.41) is 1.17. The minimum atomic E-state index is 0.750. The Bertz CT molecular complexity index is 1020. The van der Waals surface area contributed by atoms with Crippen LogP contribution in [0, 0.1) is 62.3 Å². The average molecular weight is 472 g/mol. The van der Waals surface area contributed by atoms with Crippen molar-refractivity contribution in [2.75, 3.05) is 0 Å². The summed E-state index contributed by atoms with van der Waals surface area (Å²) in [4.78, 5) is 18.1. The molecular formula is C26H41N5OS. The van der Waals surface area contributed by atoms with Gasteiger partial charge in [-0.25, -0.2) is 15.0 Å². The average Bonchev–Trinajstić information content (AvgIpc) is 3.35. The lowest BCUT2D eigenvalue weighted by molar-refractivity contribution is 0.493. The van der Waals surface area contributed by atoms with Gasteiger partial charge in [-0.2, -0.15) is 0 Å². The van der Waals surface area contributed by atoms with Gasteiger partial charge in [-0.05, 0) is 81.7 Å². The molecule has 4 rings (SSSR count). The molecule has 182 valence electrons. The minimum absolute atomic E-state index is 0.750. The second-order valence-corrected chi connectivity index (χ2v) is 9.93. The van der Waals surface area contributed by atoms with E-state index in [1.54, 1.807) is 11.3 Å². The number of hydrogen-bond acceptors (Lipinski definition) is 6. The summed E-state index contributed by atoms with van der Waals surface area (Å²) in [6.45, 7) is 24.3. The normalized spacial score (nSPS) is 12.3. The number of rotatable bonds is 0. The summed E-state index contributed by atoms with van der Waals surface area (Å²) in [5.74, 6) is 2.76. The summed E-state index contributed by atoms with van der Waals surface area (Å²) in [6.07, 6.45) is 1.09. The number of hydrogen-bond donors (Lipinski definition) is 0. The Labute approximate surface area is 203 Å². The number of imidazole rings is 1. The molecule has 0 radical (unpaired) electrons. The number of oxazole rings is 1. The van der Waals surface area contributed by atoms with Crippen LogP contribution in [0.25, 0.3) is 0 Å². The predicted molar refractivity (Wildman–Crippen MR) is 141 cm³/mol. The molecule has 0 fully saturated rings. The van der Waals surface area contributed by atoms with E-state index in [9.17, 15) is 0 Å². The van der Waals surface area contributed by atoms with Gasteiger partial charge in [0.2, 0.25) is 0 Å². The largest absolute Gasteiger partial charge is 0.446 e. The van der Waals surface area contributed by atoms with Crippen molar-refractivity contribution < 1.29 is 4.42 Å². The fourth-order valence-electron chi connectivity index (χ4n) is 3.08. The highest BCUT2D eigenvalue weighted by Gasteiger charge is 2.05. The van der Waals surface area contributed by atoms with Crippen molar-refractivity contribution in [3.05, 3.63) is 61.4 Å². The number of nitrogens with zero attached hydrogens (tertiary/aromatic N) is 5. The zero-order valence-corrected chi connectivity index (χ0v) is 23.6. The van der Waals surface area contributed by atoms with Crippen molar-refractivity contribution in [2.24, 2.45) is 12.0 Å². The van der Waals surface area contributed by atoms with Crippen LogP contribution in [0.2, 0.25) is 0 Å². The Hall–Kier alpha value is -2.54. The Kier molecular flexibility index (Phi) is 10.9. The lowest BCUT2D eigenvalue weighted by Gasteiger charge is -1.94. The number of thiazole rings is 1. The SMILES string of the molecule is CC1=NC(C)=C(C)C1.Cc1nc(C)c(C)o1.Cc1nc(C)c(C)s1.Cc1nc(C)n(C)c1C. The molecule has 0 aromatic carbocycles. The van der Waals surface area contributed by atoms with E-state index >= 15 is 0 Å². The standard InChI is InChI=1S/C7H12N2.C7H11N.C6H9NO.C6H9NS/c1-5-6(2)9(4)7(3)8-5;1-5-4-6(2)8-7(5)3;2*1-4-5(2)8-6(3)7-4/h1-4H3;4H2,1-3H3;2*1-3H3. The van der Waals surface area contributed by atoms with E-state index in [2.05, 4.69) is 59.1 Å². The van der Waals surface area contributed by atoms with Crippen molar-refractivity contribution in [3.8, 4) is 0 Å². The van der Waals surface area contributed by atoms with Crippen molar-refractivity contribution in [2.45, 2.75) is 89.5 Å². The van der Waals surface area contributed by atoms with Gasteiger partial charge in [0.25, 0.3) is 0 Å². The van der Waals surface area contributed by atoms with Gasteiger partial charge >= 0.3 is 0 Å². The van der Waals surface area contributed by atoms with Gasteiger partial charge in [0.15, 0.2) is 5.89 Å². The molecule has 0 spiro atoms. The molecule has 0 saturated heterocycles. The summed E-state index contributed by atoms with van der Waals surface area (Å²) in [6, 6.07) is 0. The summed E-state index contributed by atoms with van der Waals surface area (Å²) in [5.41, 5.74) is 8.43. The molecule has 0 atom stereocenters. The number of allylic oxidation sites excluding steroid dienone is 2. The van der Waals surface area contributed by atoms with Crippen LogP contribution in [0.4, 0.5) is 0 Å². The maximum absolute atomic E-state index is 5.10. The van der Waals surface area contributed by atoms with E-state index in [0.717, 1.165) is 35.3 Å². The lowest BCUT2D eigenvalue weighted by atomic mass is 10.2. The number of aryl methyl sites for hydroxylation is 8. The fraction of sp³-hybridized carbons (Fsp3) is 0.538. The fourth-order valence-corrected chi connectivity index (χ4v) is 3.90. The van der Waals surface area contributed by atoms with E-state index in [0.29, 0.717) is 0 Å². The predicted octanol–water partition coefficient (Wildman–Crippen LogP) is 7.16. The quantitative estimate of drug-likeness (QED) is 0.349. The first-order chi connectivity index (χ1) is 15.2. The molecule has 0 saturated carbocycles. The third-order valence-electron chi connectivity index (χ3n) is 5.61. The zero-order chi connectivity index (χ0) is 25.5. The second kappa shape index (κ2) is 12.6. The third-order valence-corrected chi connectivity index (χ3v) is 6.60. The Morgan fingerprint density at radius 3 is 1.48 bits per heavy atom. The van der Waals surface area contributed by atoms with Crippen LogP contribution >= 0.6 is 11.3 Å². The molecule has 4 heterocycles. The Morgan fingerprint density at radius 1 is 0.758 bits per heavy atom. The zero-order valence-electron chi connectivity index (χ0n) is 22.8. The van der Waals surface area contributed by atoms with E-state index in [4.69, 9.17) is 4.42 Å². The van der Waals surface area contributed by atoms with Crippen LogP contribution < -0.4 is 0 Å². The van der Waals surface area contributed by atoms with E-state index in [-0.39, 0.29) is 0 Å². The van der Waals surface area contributed by atoms with Gasteiger partial charge in [-0.3, -0.25) is 4.99 Å². The molecule has 7 heteroatoms. The molecule has 1 aliphatic rings. The van der Waals surface area contributed by atoms with Gasteiger partial charge in [0, 0.05) is 42.4 Å². The summed E-state index contributed by atoms with van der Waals surface area (Å²) >= 11 is 1.76. The van der Waals surface area contributed by atoms with Crippen molar-refractivity contribution in [3.63, 3.8) is 0 Å². The maximum Gasteiger partial charge on any atom is 0.191 e. The monoisotopic (exact) mass is 471 g/mol. The molecule has 0 amide bonds. The van der Waals surface area contributed by atoms with E-state index < -0.39 is 0 Å².